The molecule has 3 atom stereocenters. The molecule has 2 unspecified atom stereocenters. The van der Waals surface area contributed by atoms with E-state index in [0.717, 1.165) is 6.42 Å². The van der Waals surface area contributed by atoms with Gasteiger partial charge in [-0.25, -0.2) is 9.79 Å². The van der Waals surface area contributed by atoms with Crippen LogP contribution in [0.25, 0.3) is 0 Å². The van der Waals surface area contributed by atoms with Crippen molar-refractivity contribution in [1.29, 1.82) is 0 Å². The molecule has 0 saturated heterocycles. The van der Waals surface area contributed by atoms with Crippen molar-refractivity contribution in [3.8, 4) is 0 Å². The van der Waals surface area contributed by atoms with Gasteiger partial charge in [-0.2, -0.15) is 0 Å². The lowest BCUT2D eigenvalue weighted by molar-refractivity contribution is -0.143. The average molecular weight is 355 g/mol. The van der Waals surface area contributed by atoms with E-state index in [1.165, 1.54) is 6.92 Å². The number of likely N-dealkylation sites (N-methyl/N-ethyl adjacent to an activating group) is 1. The summed E-state index contributed by atoms with van der Waals surface area (Å²) in [6, 6.07) is -0.778. The Balaban J connectivity index is 3.09. The highest BCUT2D eigenvalue weighted by atomic mass is 16.4. The number of nitrogens with zero attached hydrogens (tertiary/aromatic N) is 2. The van der Waals surface area contributed by atoms with Crippen molar-refractivity contribution in [3.63, 3.8) is 0 Å². The number of aliphatic carboxylic acids is 1. The number of nitrogens with two attached hydrogens (primary N) is 2. The molecule has 25 heavy (non-hydrogen) atoms. The summed E-state index contributed by atoms with van der Waals surface area (Å²) in [5.74, 6) is -2.30. The number of carboxylic acid groups (broad SMARTS) is 1. The third-order valence-electron chi connectivity index (χ3n) is 4.55. The molecule has 9 heteroatoms. The lowest BCUT2D eigenvalue weighted by atomic mass is 9.92. The van der Waals surface area contributed by atoms with Gasteiger partial charge in [0.05, 0.1) is 0 Å². The number of carbonyl (C=O) groups is 3. The molecule has 1 fully saturated rings. The third kappa shape index (κ3) is 5.07. The second-order valence-electron chi connectivity index (χ2n) is 6.47. The lowest BCUT2D eigenvalue weighted by Crippen LogP contribution is -2.52. The van der Waals surface area contributed by atoms with Crippen molar-refractivity contribution in [2.75, 3.05) is 13.1 Å². The summed E-state index contributed by atoms with van der Waals surface area (Å²) in [6.45, 7) is 6.27. The molecule has 0 aliphatic heterocycles. The summed E-state index contributed by atoms with van der Waals surface area (Å²) < 4.78 is 0. The molecule has 6 N–H and O–H groups in total. The zero-order valence-corrected chi connectivity index (χ0v) is 15.1. The first-order valence-corrected chi connectivity index (χ1v) is 8.57. The van der Waals surface area contributed by atoms with Gasteiger partial charge in [-0.15, -0.1) is 0 Å². The molecular formula is C16H29N5O4. The molecular weight excluding hydrogens is 326 g/mol. The maximum Gasteiger partial charge on any atom is 0.331 e. The van der Waals surface area contributed by atoms with Crippen LogP contribution in [0.2, 0.25) is 0 Å². The molecule has 1 aliphatic carbocycles. The second-order valence-corrected chi connectivity index (χ2v) is 6.47. The number of amides is 2. The molecule has 9 nitrogen and oxygen atoms in total. The summed E-state index contributed by atoms with van der Waals surface area (Å²) in [4.78, 5) is 41.8. The van der Waals surface area contributed by atoms with Gasteiger partial charge >= 0.3 is 5.97 Å². The van der Waals surface area contributed by atoms with Gasteiger partial charge in [-0.1, -0.05) is 6.92 Å². The summed E-state index contributed by atoms with van der Waals surface area (Å²) in [5, 5.41) is 12.3. The Kier molecular flexibility index (Phi) is 7.20. The minimum Gasteiger partial charge on any atom is -0.479 e. The van der Waals surface area contributed by atoms with Gasteiger partial charge in [0.1, 0.15) is 6.04 Å². The Labute approximate surface area is 147 Å². The second kappa shape index (κ2) is 8.68. The van der Waals surface area contributed by atoms with E-state index in [9.17, 15) is 19.5 Å². The van der Waals surface area contributed by atoms with E-state index in [0.29, 0.717) is 19.5 Å². The smallest absolute Gasteiger partial charge is 0.331 e. The topological polar surface area (TPSA) is 151 Å². The third-order valence-corrected chi connectivity index (χ3v) is 4.55. The molecule has 0 heterocycles. The monoisotopic (exact) mass is 355 g/mol. The van der Waals surface area contributed by atoms with Crippen molar-refractivity contribution >= 4 is 23.7 Å². The molecule has 0 spiro atoms. The van der Waals surface area contributed by atoms with Crippen LogP contribution in [0, 0.1) is 5.92 Å². The molecule has 0 aromatic carbocycles. The van der Waals surface area contributed by atoms with E-state index in [4.69, 9.17) is 11.5 Å². The first-order chi connectivity index (χ1) is 11.7. The number of nitrogens with one attached hydrogen (secondary N) is 1. The van der Waals surface area contributed by atoms with Crippen LogP contribution in [-0.2, 0) is 14.4 Å². The minimum absolute atomic E-state index is 0.0978. The van der Waals surface area contributed by atoms with Crippen LogP contribution in [0.4, 0.5) is 0 Å². The molecule has 1 saturated carbocycles. The van der Waals surface area contributed by atoms with Crippen molar-refractivity contribution in [2.24, 2.45) is 22.4 Å². The van der Waals surface area contributed by atoms with Crippen molar-refractivity contribution in [3.05, 3.63) is 0 Å². The van der Waals surface area contributed by atoms with E-state index in [2.05, 4.69) is 10.3 Å². The van der Waals surface area contributed by atoms with Crippen LogP contribution < -0.4 is 16.8 Å². The Morgan fingerprint density at radius 3 is 2.44 bits per heavy atom. The first kappa shape index (κ1) is 20.7. The predicted octanol–water partition coefficient (Wildman–Crippen LogP) is -0.353. The van der Waals surface area contributed by atoms with Crippen LogP contribution in [0.3, 0.4) is 0 Å². The minimum atomic E-state index is -1.44. The van der Waals surface area contributed by atoms with E-state index >= 15 is 0 Å². The number of hydrogen-bond donors (Lipinski definition) is 4. The van der Waals surface area contributed by atoms with E-state index in [1.807, 2.05) is 13.8 Å². The molecule has 1 rings (SSSR count). The average Bonchev–Trinajstić information content (AvgIpc) is 2.94. The number of hydrogen-bond acceptors (Lipinski definition) is 4. The van der Waals surface area contributed by atoms with Crippen molar-refractivity contribution in [1.82, 2.24) is 10.2 Å². The normalized spacial score (nSPS) is 23.6. The van der Waals surface area contributed by atoms with Gasteiger partial charge in [-0.3, -0.25) is 9.59 Å². The maximum atomic E-state index is 12.9. The van der Waals surface area contributed by atoms with Crippen LogP contribution in [-0.4, -0.2) is 58.4 Å². The number of rotatable bonds is 8. The summed E-state index contributed by atoms with van der Waals surface area (Å²) >= 11 is 0. The molecule has 2 amide bonds. The Hall–Kier alpha value is -2.32. The van der Waals surface area contributed by atoms with Gasteiger partial charge in [-0.05, 0) is 38.5 Å². The molecule has 0 radical (unpaired) electrons. The number of carbonyl (C=O) groups excluding carboxylic acids is 2. The predicted molar refractivity (Wildman–Crippen MR) is 93.7 cm³/mol. The zero-order chi connectivity index (χ0) is 19.2. The summed E-state index contributed by atoms with van der Waals surface area (Å²) in [6.07, 6.45) is 1.54. The highest BCUT2D eigenvalue weighted by molar-refractivity contribution is 5.88. The van der Waals surface area contributed by atoms with Crippen molar-refractivity contribution < 1.29 is 19.5 Å². The quantitative estimate of drug-likeness (QED) is 0.345. The largest absolute Gasteiger partial charge is 0.479 e. The Morgan fingerprint density at radius 2 is 2.00 bits per heavy atom. The highest BCUT2D eigenvalue weighted by Crippen LogP contribution is 2.40. The first-order valence-electron chi connectivity index (χ1n) is 8.57. The van der Waals surface area contributed by atoms with Crippen LogP contribution in [0.5, 0.6) is 0 Å². The molecule has 0 bridgehead atoms. The van der Waals surface area contributed by atoms with Crippen LogP contribution in [0.15, 0.2) is 4.99 Å². The summed E-state index contributed by atoms with van der Waals surface area (Å²) in [7, 11) is 0. The van der Waals surface area contributed by atoms with Gasteiger partial charge in [0.25, 0.3) is 0 Å². The van der Waals surface area contributed by atoms with E-state index in [-0.39, 0.29) is 36.5 Å². The van der Waals surface area contributed by atoms with E-state index in [1.54, 1.807) is 4.90 Å². The fourth-order valence-corrected chi connectivity index (χ4v) is 3.43. The SMILES string of the molecule is CCCN(CC)C(=O)C(NC(C)=O)[C@H]1CCC(N=C(N)N)(C(=O)O)C1. The lowest BCUT2D eigenvalue weighted by Gasteiger charge is -2.30. The van der Waals surface area contributed by atoms with Gasteiger partial charge in [0.15, 0.2) is 11.5 Å². The Bertz CT molecular complexity index is 547. The molecule has 0 aromatic rings. The molecule has 0 aromatic heterocycles. The summed E-state index contributed by atoms with van der Waals surface area (Å²) in [5.41, 5.74) is 9.33. The fraction of sp³-hybridized carbons (Fsp3) is 0.750. The number of aliphatic imine (C=N–C) groups is 1. The molecule has 1 aliphatic rings. The van der Waals surface area contributed by atoms with E-state index < -0.39 is 17.6 Å². The fourth-order valence-electron chi connectivity index (χ4n) is 3.43. The standard InChI is InChI=1S/C16H29N5O4/c1-4-8-21(5-2)13(23)12(19-10(3)22)11-6-7-16(9-11,14(24)25)20-15(17)18/h11-12H,4-9H2,1-3H3,(H,19,22)(H,24,25)(H4,17,18,20)/t11-,12?,16?/m0/s1. The number of guanidine groups is 1. The zero-order valence-electron chi connectivity index (χ0n) is 15.1. The highest BCUT2D eigenvalue weighted by Gasteiger charge is 2.49. The van der Waals surface area contributed by atoms with Crippen LogP contribution in [0.1, 0.15) is 46.5 Å². The maximum absolute atomic E-state index is 12.9. The van der Waals surface area contributed by atoms with Crippen LogP contribution >= 0.6 is 0 Å². The van der Waals surface area contributed by atoms with Gasteiger partial charge < -0.3 is 26.8 Å². The van der Waals surface area contributed by atoms with Gasteiger partial charge in [0.2, 0.25) is 11.8 Å². The molecule has 142 valence electrons. The number of carboxylic acids is 1. The van der Waals surface area contributed by atoms with Crippen molar-refractivity contribution in [2.45, 2.75) is 58.0 Å². The van der Waals surface area contributed by atoms with Gasteiger partial charge in [0, 0.05) is 20.0 Å². The Morgan fingerprint density at radius 1 is 1.36 bits per heavy atom.